The van der Waals surface area contributed by atoms with Crippen LogP contribution in [0.25, 0.3) is 22.3 Å². The van der Waals surface area contributed by atoms with E-state index in [4.69, 9.17) is 15.6 Å². The van der Waals surface area contributed by atoms with Crippen molar-refractivity contribution in [2.45, 2.75) is 62.7 Å². The highest BCUT2D eigenvalue weighted by Gasteiger charge is 2.40. The molecule has 8 nitrogen and oxygen atoms in total. The van der Waals surface area contributed by atoms with E-state index in [2.05, 4.69) is 31.5 Å². The van der Waals surface area contributed by atoms with Crippen molar-refractivity contribution in [3.05, 3.63) is 60.9 Å². The second kappa shape index (κ2) is 9.67. The summed E-state index contributed by atoms with van der Waals surface area (Å²) in [7, 11) is 2.31. The number of nitrogens with zero attached hydrogens (tertiary/aromatic N) is 6. The lowest BCUT2D eigenvalue weighted by Crippen LogP contribution is -2.55. The van der Waals surface area contributed by atoms with Crippen LogP contribution in [0.15, 0.2) is 60.9 Å². The second-order valence-electron chi connectivity index (χ2n) is 11.2. The first kappa shape index (κ1) is 23.6. The summed E-state index contributed by atoms with van der Waals surface area (Å²) in [6, 6.07) is 20.3. The molecule has 4 aromatic rings. The standard InChI is InChI=1S/C30H35N7O/c1-35-23-13-14-24(35)18-36(17-23)21-9-11-22(12-10-21)37-30-27(29(31)32-19-33-30)28(34-37)20-7-15-26(16-8-20)38-25-5-3-2-4-6-25/h2-8,15-16,19,21-24H,9-14,17-18H2,1H3,(H2,31,32,33)/t21-,22+,23?,24?. The van der Waals surface area contributed by atoms with Gasteiger partial charge in [-0.1, -0.05) is 18.2 Å². The van der Waals surface area contributed by atoms with Crippen molar-refractivity contribution in [2.24, 2.45) is 0 Å². The average molecular weight is 510 g/mol. The van der Waals surface area contributed by atoms with E-state index in [-0.39, 0.29) is 0 Å². The van der Waals surface area contributed by atoms with Crippen molar-refractivity contribution < 1.29 is 4.74 Å². The lowest BCUT2D eigenvalue weighted by atomic mass is 9.89. The van der Waals surface area contributed by atoms with Crippen molar-refractivity contribution >= 4 is 16.9 Å². The van der Waals surface area contributed by atoms with Gasteiger partial charge in [0, 0.05) is 36.8 Å². The summed E-state index contributed by atoms with van der Waals surface area (Å²) in [6.07, 6.45) is 8.90. The number of rotatable bonds is 5. The van der Waals surface area contributed by atoms with Gasteiger partial charge >= 0.3 is 0 Å². The van der Waals surface area contributed by atoms with Crippen LogP contribution in [-0.4, -0.2) is 67.8 Å². The summed E-state index contributed by atoms with van der Waals surface area (Å²) >= 11 is 0. The molecule has 1 aliphatic carbocycles. The molecule has 0 radical (unpaired) electrons. The van der Waals surface area contributed by atoms with E-state index in [1.807, 2.05) is 54.6 Å². The van der Waals surface area contributed by atoms with Crippen molar-refractivity contribution in [3.63, 3.8) is 0 Å². The Balaban J connectivity index is 1.11. The van der Waals surface area contributed by atoms with E-state index in [1.54, 1.807) is 6.33 Å². The second-order valence-corrected chi connectivity index (χ2v) is 11.2. The van der Waals surface area contributed by atoms with Gasteiger partial charge in [-0.3, -0.25) is 9.80 Å². The fourth-order valence-corrected chi connectivity index (χ4v) is 6.87. The fourth-order valence-electron chi connectivity index (χ4n) is 6.87. The Labute approximate surface area is 223 Å². The maximum atomic E-state index is 6.39. The number of nitrogens with two attached hydrogens (primary N) is 1. The molecular formula is C30H35N7O. The number of likely N-dealkylation sites (tertiary alicyclic amines) is 1. The maximum absolute atomic E-state index is 6.39. The van der Waals surface area contributed by atoms with Gasteiger partial charge < -0.3 is 10.5 Å². The quantitative estimate of drug-likeness (QED) is 0.399. The Kier molecular flexibility index (Phi) is 6.01. The Hall–Kier alpha value is -3.49. The van der Waals surface area contributed by atoms with Gasteiger partial charge in [0.05, 0.1) is 11.4 Å². The molecule has 1 saturated carbocycles. The number of nitrogen functional groups attached to an aromatic ring is 1. The van der Waals surface area contributed by atoms with Crippen molar-refractivity contribution in [1.82, 2.24) is 29.5 Å². The molecule has 2 aromatic carbocycles. The van der Waals surface area contributed by atoms with Gasteiger partial charge in [0.1, 0.15) is 29.3 Å². The SMILES string of the molecule is CN1C2CCC1CN([C@H]1CC[C@@H](n3nc(-c4ccc(Oc5ccccc5)cc4)c4c(N)ncnc43)CC1)C2. The summed E-state index contributed by atoms with van der Waals surface area (Å²) in [4.78, 5) is 14.4. The third-order valence-corrected chi connectivity index (χ3v) is 9.03. The molecule has 2 bridgehead atoms. The highest BCUT2D eigenvalue weighted by atomic mass is 16.5. The summed E-state index contributed by atoms with van der Waals surface area (Å²) in [5.41, 5.74) is 9.04. The van der Waals surface area contributed by atoms with Crippen LogP contribution >= 0.6 is 0 Å². The molecule has 2 aromatic heterocycles. The minimum absolute atomic E-state index is 0.321. The van der Waals surface area contributed by atoms with E-state index in [0.29, 0.717) is 17.9 Å². The van der Waals surface area contributed by atoms with Gasteiger partial charge in [-0.25, -0.2) is 14.6 Å². The molecule has 3 fully saturated rings. The number of likely N-dealkylation sites (N-methyl/N-ethyl adjacent to an activating group) is 1. The van der Waals surface area contributed by atoms with Crippen LogP contribution in [0.4, 0.5) is 5.82 Å². The van der Waals surface area contributed by atoms with Gasteiger partial charge in [0.25, 0.3) is 0 Å². The molecule has 2 aliphatic heterocycles. The molecule has 2 atom stereocenters. The first-order valence-corrected chi connectivity index (χ1v) is 13.9. The molecule has 0 spiro atoms. The number of aromatic nitrogens is 4. The molecule has 4 heterocycles. The highest BCUT2D eigenvalue weighted by Crippen LogP contribution is 2.39. The average Bonchev–Trinajstić information content (AvgIpc) is 3.42. The predicted octanol–water partition coefficient (Wildman–Crippen LogP) is 5.13. The normalized spacial score (nSPS) is 26.1. The molecular weight excluding hydrogens is 474 g/mol. The predicted molar refractivity (Wildman–Crippen MR) is 149 cm³/mol. The molecule has 2 saturated heterocycles. The van der Waals surface area contributed by atoms with Crippen molar-refractivity contribution in [2.75, 3.05) is 25.9 Å². The lowest BCUT2D eigenvalue weighted by Gasteiger charge is -2.44. The summed E-state index contributed by atoms with van der Waals surface area (Å²) in [5, 5.41) is 5.95. The molecule has 8 heteroatoms. The van der Waals surface area contributed by atoms with Gasteiger partial charge in [0.15, 0.2) is 5.65 Å². The Bertz CT molecular complexity index is 1400. The van der Waals surface area contributed by atoms with E-state index in [1.165, 1.54) is 38.8 Å². The monoisotopic (exact) mass is 509 g/mol. The van der Waals surface area contributed by atoms with Gasteiger partial charge in [-0.05, 0) is 82.0 Å². The van der Waals surface area contributed by atoms with Crippen LogP contribution in [0.2, 0.25) is 0 Å². The first-order valence-electron chi connectivity index (χ1n) is 13.9. The van der Waals surface area contributed by atoms with Crippen LogP contribution in [-0.2, 0) is 0 Å². The molecule has 38 heavy (non-hydrogen) atoms. The summed E-state index contributed by atoms with van der Waals surface area (Å²) in [6.45, 7) is 2.45. The van der Waals surface area contributed by atoms with E-state index in [0.717, 1.165) is 58.7 Å². The highest BCUT2D eigenvalue weighted by molar-refractivity contribution is 5.98. The van der Waals surface area contributed by atoms with E-state index < -0.39 is 0 Å². The van der Waals surface area contributed by atoms with Gasteiger partial charge in [-0.15, -0.1) is 0 Å². The van der Waals surface area contributed by atoms with Crippen LogP contribution in [0.1, 0.15) is 44.6 Å². The Morgan fingerprint density at radius 3 is 2.11 bits per heavy atom. The molecule has 2 N–H and O–H groups in total. The molecule has 3 aliphatic rings. The van der Waals surface area contributed by atoms with Crippen LogP contribution in [0, 0.1) is 0 Å². The zero-order valence-corrected chi connectivity index (χ0v) is 21.9. The minimum Gasteiger partial charge on any atom is -0.457 e. The first-order chi connectivity index (χ1) is 18.6. The number of fused-ring (bicyclic) bond motifs is 3. The molecule has 7 rings (SSSR count). The fraction of sp³-hybridized carbons (Fsp3) is 0.433. The van der Waals surface area contributed by atoms with Crippen LogP contribution in [0.3, 0.4) is 0 Å². The largest absolute Gasteiger partial charge is 0.457 e. The number of ether oxygens (including phenoxy) is 1. The Morgan fingerprint density at radius 1 is 0.763 bits per heavy atom. The lowest BCUT2D eigenvalue weighted by molar-refractivity contribution is 0.0393. The van der Waals surface area contributed by atoms with E-state index >= 15 is 0 Å². The third kappa shape index (κ3) is 4.22. The summed E-state index contributed by atoms with van der Waals surface area (Å²) < 4.78 is 8.11. The zero-order valence-electron chi connectivity index (χ0n) is 21.9. The summed E-state index contributed by atoms with van der Waals surface area (Å²) in [5.74, 6) is 2.07. The Morgan fingerprint density at radius 2 is 1.39 bits per heavy atom. The van der Waals surface area contributed by atoms with Crippen LogP contribution < -0.4 is 10.5 Å². The zero-order chi connectivity index (χ0) is 25.6. The van der Waals surface area contributed by atoms with E-state index in [9.17, 15) is 0 Å². The maximum Gasteiger partial charge on any atom is 0.164 e. The molecule has 2 unspecified atom stereocenters. The number of piperazine rings is 1. The smallest absolute Gasteiger partial charge is 0.164 e. The van der Waals surface area contributed by atoms with Gasteiger partial charge in [-0.2, -0.15) is 5.10 Å². The third-order valence-electron chi connectivity index (χ3n) is 9.03. The number of benzene rings is 2. The topological polar surface area (TPSA) is 85.3 Å². The number of hydrogen-bond donors (Lipinski definition) is 1. The van der Waals surface area contributed by atoms with Crippen molar-refractivity contribution in [1.29, 1.82) is 0 Å². The van der Waals surface area contributed by atoms with Gasteiger partial charge in [0.2, 0.25) is 0 Å². The number of hydrogen-bond acceptors (Lipinski definition) is 7. The number of para-hydroxylation sites is 1. The molecule has 196 valence electrons. The van der Waals surface area contributed by atoms with Crippen molar-refractivity contribution in [3.8, 4) is 22.8 Å². The molecule has 0 amide bonds. The minimum atomic E-state index is 0.321. The number of anilines is 1. The van der Waals surface area contributed by atoms with Crippen LogP contribution in [0.5, 0.6) is 11.5 Å².